The third kappa shape index (κ3) is 4.53. The summed E-state index contributed by atoms with van der Waals surface area (Å²) in [5.41, 5.74) is 0.436. The van der Waals surface area contributed by atoms with E-state index in [4.69, 9.17) is 4.74 Å². The Hall–Kier alpha value is -0.750. The molecule has 84 valence electrons. The Morgan fingerprint density at radius 1 is 1.40 bits per heavy atom. The molecule has 0 radical (unpaired) electrons. The molecule has 1 rings (SSSR count). The summed E-state index contributed by atoms with van der Waals surface area (Å²) in [4.78, 5) is 0. The first kappa shape index (κ1) is 12.3. The summed E-state index contributed by atoms with van der Waals surface area (Å²) in [6.45, 7) is 1.80. The van der Waals surface area contributed by atoms with E-state index in [0.717, 1.165) is 6.26 Å². The predicted molar refractivity (Wildman–Crippen MR) is 63.9 cm³/mol. The van der Waals surface area contributed by atoms with Gasteiger partial charge in [-0.1, -0.05) is 12.1 Å². The maximum atomic E-state index is 11.1. The summed E-state index contributed by atoms with van der Waals surface area (Å²) in [5, 5.41) is -0.181. The Balaban J connectivity index is 2.96. The summed E-state index contributed by atoms with van der Waals surface area (Å²) >= 11 is 3.23. The molecule has 1 unspecified atom stereocenters. The number of ether oxygens (including phenoxy) is 1. The Bertz CT molecular complexity index is 431. The van der Waals surface area contributed by atoms with E-state index in [9.17, 15) is 8.42 Å². The highest BCUT2D eigenvalue weighted by molar-refractivity contribution is 9.09. The van der Waals surface area contributed by atoms with Gasteiger partial charge in [-0.05, 0) is 35.0 Å². The van der Waals surface area contributed by atoms with Crippen molar-refractivity contribution in [2.24, 2.45) is 0 Å². The van der Waals surface area contributed by atoms with Crippen LogP contribution in [0.2, 0.25) is 0 Å². The van der Waals surface area contributed by atoms with E-state index in [1.807, 2.05) is 0 Å². The number of anilines is 1. The third-order valence-corrected chi connectivity index (χ3v) is 2.25. The second-order valence-electron chi connectivity index (χ2n) is 3.03. The van der Waals surface area contributed by atoms with Crippen LogP contribution in [0.15, 0.2) is 24.3 Å². The molecule has 0 spiro atoms. The maximum Gasteiger partial charge on any atom is 0.229 e. The van der Waals surface area contributed by atoms with Crippen LogP contribution in [0.1, 0.15) is 6.92 Å². The molecule has 15 heavy (non-hydrogen) atoms. The number of halogens is 1. The minimum Gasteiger partial charge on any atom is -0.477 e. The van der Waals surface area contributed by atoms with Gasteiger partial charge in [0.1, 0.15) is 5.75 Å². The third-order valence-electron chi connectivity index (χ3n) is 1.47. The second-order valence-corrected chi connectivity index (χ2v) is 6.07. The number of rotatable bonds is 4. The molecule has 0 saturated heterocycles. The van der Waals surface area contributed by atoms with Gasteiger partial charge in [-0.2, -0.15) is 0 Å². The van der Waals surface area contributed by atoms with Crippen molar-refractivity contribution in [1.29, 1.82) is 0 Å². The Morgan fingerprint density at radius 2 is 2.00 bits per heavy atom. The van der Waals surface area contributed by atoms with Gasteiger partial charge in [0.15, 0.2) is 5.01 Å². The highest BCUT2D eigenvalue weighted by Gasteiger charge is 2.09. The van der Waals surface area contributed by atoms with Gasteiger partial charge in [0, 0.05) is 0 Å². The van der Waals surface area contributed by atoms with Crippen molar-refractivity contribution in [3.8, 4) is 5.75 Å². The fourth-order valence-electron chi connectivity index (χ4n) is 1.03. The summed E-state index contributed by atoms with van der Waals surface area (Å²) < 4.78 is 29.9. The highest BCUT2D eigenvalue weighted by Crippen LogP contribution is 2.26. The lowest BCUT2D eigenvalue weighted by Gasteiger charge is -2.13. The molecule has 1 N–H and O–H groups in total. The molecule has 0 heterocycles. The molecular weight excluding hydrogens is 282 g/mol. The van der Waals surface area contributed by atoms with E-state index < -0.39 is 10.0 Å². The first-order valence-corrected chi connectivity index (χ1v) is 7.07. The molecule has 1 aromatic carbocycles. The van der Waals surface area contributed by atoms with Gasteiger partial charge >= 0.3 is 0 Å². The predicted octanol–water partition coefficient (Wildman–Crippen LogP) is 2.18. The average Bonchev–Trinajstić information content (AvgIpc) is 2.05. The number of hydrogen-bond donors (Lipinski definition) is 1. The second kappa shape index (κ2) is 4.85. The van der Waals surface area contributed by atoms with Crippen molar-refractivity contribution >= 4 is 31.6 Å². The van der Waals surface area contributed by atoms with Crippen LogP contribution in [-0.4, -0.2) is 19.7 Å². The zero-order chi connectivity index (χ0) is 11.5. The zero-order valence-electron chi connectivity index (χ0n) is 8.40. The fraction of sp³-hybridized carbons (Fsp3) is 0.333. The Labute approximate surface area is 97.8 Å². The fourth-order valence-corrected chi connectivity index (χ4v) is 1.80. The van der Waals surface area contributed by atoms with Crippen LogP contribution in [0.3, 0.4) is 0 Å². The molecule has 6 heteroatoms. The smallest absolute Gasteiger partial charge is 0.229 e. The molecular formula is C9H12BrNO3S. The van der Waals surface area contributed by atoms with Crippen molar-refractivity contribution < 1.29 is 13.2 Å². The van der Waals surface area contributed by atoms with Crippen molar-refractivity contribution in [3.63, 3.8) is 0 Å². The van der Waals surface area contributed by atoms with Crippen LogP contribution in [0.5, 0.6) is 5.75 Å². The van der Waals surface area contributed by atoms with Gasteiger partial charge < -0.3 is 4.74 Å². The van der Waals surface area contributed by atoms with Crippen LogP contribution in [0, 0.1) is 0 Å². The minimum absolute atomic E-state index is 0.181. The molecule has 0 fully saturated rings. The number of hydrogen-bond acceptors (Lipinski definition) is 3. The van der Waals surface area contributed by atoms with E-state index >= 15 is 0 Å². The Morgan fingerprint density at radius 3 is 2.53 bits per heavy atom. The largest absolute Gasteiger partial charge is 0.477 e. The first-order valence-electron chi connectivity index (χ1n) is 4.26. The maximum absolute atomic E-state index is 11.1. The first-order chi connectivity index (χ1) is 6.88. The van der Waals surface area contributed by atoms with Crippen LogP contribution >= 0.6 is 15.9 Å². The number of para-hydroxylation sites is 2. The monoisotopic (exact) mass is 293 g/mol. The number of sulfonamides is 1. The molecule has 0 aromatic heterocycles. The summed E-state index contributed by atoms with van der Waals surface area (Å²) in [7, 11) is -3.28. The van der Waals surface area contributed by atoms with Crippen molar-refractivity contribution in [2.75, 3.05) is 11.0 Å². The molecule has 4 nitrogen and oxygen atoms in total. The van der Waals surface area contributed by atoms with Crippen LogP contribution in [0.25, 0.3) is 0 Å². The molecule has 0 amide bonds. The molecule has 1 aromatic rings. The lowest BCUT2D eigenvalue weighted by atomic mass is 10.3. The van der Waals surface area contributed by atoms with Gasteiger partial charge in [0.25, 0.3) is 0 Å². The van der Waals surface area contributed by atoms with E-state index in [1.165, 1.54) is 0 Å². The average molecular weight is 294 g/mol. The van der Waals surface area contributed by atoms with E-state index in [0.29, 0.717) is 11.4 Å². The molecule has 0 aliphatic rings. The molecule has 0 saturated carbocycles. The standard InChI is InChI=1S/C9H12BrNO3S/c1-7(10)14-9-6-4-3-5-8(9)11-15(2,12)13/h3-7,11H,1-2H3. The molecule has 0 aliphatic carbocycles. The number of benzene rings is 1. The molecule has 0 aliphatic heterocycles. The number of nitrogens with one attached hydrogen (secondary N) is 1. The zero-order valence-corrected chi connectivity index (χ0v) is 10.8. The lowest BCUT2D eigenvalue weighted by molar-refractivity contribution is 0.316. The quantitative estimate of drug-likeness (QED) is 0.866. The van der Waals surface area contributed by atoms with Gasteiger partial charge in [0.05, 0.1) is 11.9 Å². The van der Waals surface area contributed by atoms with E-state index in [2.05, 4.69) is 20.7 Å². The van der Waals surface area contributed by atoms with Crippen molar-refractivity contribution in [2.45, 2.75) is 11.9 Å². The SMILES string of the molecule is CC(Br)Oc1ccccc1NS(C)(=O)=O. The molecule has 0 bridgehead atoms. The van der Waals surface area contributed by atoms with Gasteiger partial charge in [-0.3, -0.25) is 4.72 Å². The topological polar surface area (TPSA) is 55.4 Å². The van der Waals surface area contributed by atoms with Gasteiger partial charge in [-0.25, -0.2) is 8.42 Å². The van der Waals surface area contributed by atoms with Crippen LogP contribution in [0.4, 0.5) is 5.69 Å². The van der Waals surface area contributed by atoms with E-state index in [-0.39, 0.29) is 5.01 Å². The summed E-state index contributed by atoms with van der Waals surface area (Å²) in [6.07, 6.45) is 1.10. The highest BCUT2D eigenvalue weighted by atomic mass is 79.9. The normalized spacial score (nSPS) is 13.3. The Kier molecular flexibility index (Phi) is 3.98. The number of alkyl halides is 1. The van der Waals surface area contributed by atoms with E-state index in [1.54, 1.807) is 31.2 Å². The summed E-state index contributed by atoms with van der Waals surface area (Å²) in [6, 6.07) is 6.86. The lowest BCUT2D eigenvalue weighted by Crippen LogP contribution is -2.12. The van der Waals surface area contributed by atoms with Gasteiger partial charge in [0.2, 0.25) is 10.0 Å². The van der Waals surface area contributed by atoms with Crippen molar-refractivity contribution in [1.82, 2.24) is 0 Å². The van der Waals surface area contributed by atoms with Crippen molar-refractivity contribution in [3.05, 3.63) is 24.3 Å². The van der Waals surface area contributed by atoms with Crippen LogP contribution in [-0.2, 0) is 10.0 Å². The van der Waals surface area contributed by atoms with Crippen LogP contribution < -0.4 is 9.46 Å². The minimum atomic E-state index is -3.28. The summed E-state index contributed by atoms with van der Waals surface area (Å²) in [5.74, 6) is 0.493. The van der Waals surface area contributed by atoms with Gasteiger partial charge in [-0.15, -0.1) is 0 Å². The molecule has 1 atom stereocenters.